The molecule has 2 aliphatic carbocycles. The molecule has 1 amide bonds. The number of hydrogen-bond donors (Lipinski definition) is 2. The molecule has 0 spiro atoms. The van der Waals surface area contributed by atoms with Gasteiger partial charge in [0.2, 0.25) is 0 Å². The van der Waals surface area contributed by atoms with Gasteiger partial charge in [-0.05, 0) is 56.1 Å². The van der Waals surface area contributed by atoms with Crippen LogP contribution in [-0.2, 0) is 19.4 Å². The molecule has 0 aromatic carbocycles. The fourth-order valence-electron chi connectivity index (χ4n) is 4.04. The summed E-state index contributed by atoms with van der Waals surface area (Å²) >= 11 is 0. The van der Waals surface area contributed by atoms with Gasteiger partial charge >= 0.3 is 0 Å². The number of aromatic nitrogens is 2. The Morgan fingerprint density at radius 1 is 1.38 bits per heavy atom. The maximum atomic E-state index is 12.6. The second-order valence-corrected chi connectivity index (χ2v) is 6.99. The average Bonchev–Trinajstić information content (AvgIpc) is 3.29. The van der Waals surface area contributed by atoms with Gasteiger partial charge in [-0.1, -0.05) is 0 Å². The Labute approximate surface area is 140 Å². The lowest BCUT2D eigenvalue weighted by molar-refractivity contribution is 0.0844. The lowest BCUT2D eigenvalue weighted by Crippen LogP contribution is -2.40. The lowest BCUT2D eigenvalue weighted by atomic mass is 9.93. The molecule has 128 valence electrons. The van der Waals surface area contributed by atoms with Gasteiger partial charge in [0.1, 0.15) is 0 Å². The van der Waals surface area contributed by atoms with Crippen LogP contribution in [0.25, 0.3) is 0 Å². The maximum absolute atomic E-state index is 12.6. The van der Waals surface area contributed by atoms with Crippen LogP contribution < -0.4 is 5.32 Å². The summed E-state index contributed by atoms with van der Waals surface area (Å²) in [5, 5.41) is 17.5. The first-order valence-corrected chi connectivity index (χ1v) is 8.76. The van der Waals surface area contributed by atoms with E-state index in [0.717, 1.165) is 49.8 Å². The minimum atomic E-state index is -0.514. The van der Waals surface area contributed by atoms with E-state index in [2.05, 4.69) is 10.4 Å². The third-order valence-electron chi connectivity index (χ3n) is 5.26. The van der Waals surface area contributed by atoms with Crippen LogP contribution >= 0.6 is 0 Å². The number of aryl methyl sites for hydroxylation is 1. The van der Waals surface area contributed by atoms with Crippen molar-refractivity contribution in [3.05, 3.63) is 41.6 Å². The van der Waals surface area contributed by atoms with E-state index in [1.165, 1.54) is 0 Å². The normalized spacial score (nSPS) is 26.3. The molecule has 2 aliphatic rings. The number of furan rings is 1. The van der Waals surface area contributed by atoms with E-state index in [1.54, 1.807) is 12.5 Å². The van der Waals surface area contributed by atoms with Crippen molar-refractivity contribution >= 4 is 5.91 Å². The van der Waals surface area contributed by atoms with Gasteiger partial charge in [-0.3, -0.25) is 9.48 Å². The molecule has 0 saturated heterocycles. The highest BCUT2D eigenvalue weighted by atomic mass is 16.3. The van der Waals surface area contributed by atoms with Crippen molar-refractivity contribution < 1.29 is 14.3 Å². The molecule has 3 atom stereocenters. The molecule has 1 saturated carbocycles. The molecule has 2 N–H and O–H groups in total. The van der Waals surface area contributed by atoms with Crippen LogP contribution in [0.15, 0.2) is 29.1 Å². The molecule has 2 aromatic heterocycles. The highest BCUT2D eigenvalue weighted by Gasteiger charge is 2.35. The summed E-state index contributed by atoms with van der Waals surface area (Å²) in [4.78, 5) is 12.6. The molecule has 6 heteroatoms. The summed E-state index contributed by atoms with van der Waals surface area (Å²) < 4.78 is 7.41. The predicted octanol–water partition coefficient (Wildman–Crippen LogP) is 1.92. The molecule has 4 rings (SSSR count). The zero-order valence-corrected chi connectivity index (χ0v) is 13.6. The zero-order chi connectivity index (χ0) is 16.5. The maximum Gasteiger partial charge on any atom is 0.287 e. The van der Waals surface area contributed by atoms with Crippen molar-refractivity contribution in [1.29, 1.82) is 0 Å². The van der Waals surface area contributed by atoms with Crippen LogP contribution in [0, 0.1) is 5.92 Å². The Hall–Kier alpha value is -2.08. The molecule has 1 unspecified atom stereocenters. The number of amides is 1. The third kappa shape index (κ3) is 2.98. The minimum absolute atomic E-state index is 0.193. The third-order valence-corrected chi connectivity index (χ3v) is 5.26. The van der Waals surface area contributed by atoms with Gasteiger partial charge in [0.25, 0.3) is 5.91 Å². The van der Waals surface area contributed by atoms with Gasteiger partial charge in [-0.15, -0.1) is 0 Å². The zero-order valence-electron chi connectivity index (χ0n) is 13.6. The fourth-order valence-corrected chi connectivity index (χ4v) is 4.04. The van der Waals surface area contributed by atoms with Crippen LogP contribution in [0.5, 0.6) is 0 Å². The van der Waals surface area contributed by atoms with E-state index < -0.39 is 6.10 Å². The number of fused-ring (bicyclic) bond motifs is 1. The molecule has 0 bridgehead atoms. The highest BCUT2D eigenvalue weighted by Crippen LogP contribution is 2.29. The van der Waals surface area contributed by atoms with Crippen molar-refractivity contribution in [2.45, 2.75) is 57.2 Å². The van der Waals surface area contributed by atoms with Gasteiger partial charge in [-0.2, -0.15) is 5.10 Å². The van der Waals surface area contributed by atoms with E-state index in [4.69, 9.17) is 4.42 Å². The van der Waals surface area contributed by atoms with Gasteiger partial charge < -0.3 is 14.8 Å². The summed E-state index contributed by atoms with van der Waals surface area (Å²) in [6.07, 6.45) is 10.5. The van der Waals surface area contributed by atoms with Crippen molar-refractivity contribution in [3.8, 4) is 0 Å². The molecule has 0 aliphatic heterocycles. The number of nitrogens with zero attached hydrogens (tertiary/aromatic N) is 2. The number of rotatable bonds is 4. The highest BCUT2D eigenvalue weighted by molar-refractivity contribution is 5.93. The molecular weight excluding hydrogens is 306 g/mol. The van der Waals surface area contributed by atoms with E-state index >= 15 is 0 Å². The standard InChI is InChI=1S/C18H23N3O3/c22-16-9-12(10-21-7-3-6-19-21)8-15(16)20-18(23)17-14-5-2-1-4-13(14)11-24-17/h3,6-7,11-12,15-16,22H,1-2,4-5,8-10H2,(H,20,23)/t12?,15-,16-/m1/s1. The van der Waals surface area contributed by atoms with Crippen molar-refractivity contribution in [2.24, 2.45) is 5.92 Å². The van der Waals surface area contributed by atoms with Crippen LogP contribution in [-0.4, -0.2) is 32.9 Å². The number of aliphatic hydroxyl groups is 1. The van der Waals surface area contributed by atoms with Gasteiger partial charge in [-0.25, -0.2) is 0 Å². The van der Waals surface area contributed by atoms with E-state index in [1.807, 2.05) is 16.9 Å². The SMILES string of the molecule is O=C(N[C@@H]1CC(Cn2cccn2)C[C@H]1O)c1occ2c1CCCC2. The quantitative estimate of drug-likeness (QED) is 0.898. The van der Waals surface area contributed by atoms with Crippen LogP contribution in [0.1, 0.15) is 47.4 Å². The summed E-state index contributed by atoms with van der Waals surface area (Å²) in [5.74, 6) is 0.560. The predicted molar refractivity (Wildman–Crippen MR) is 87.6 cm³/mol. The van der Waals surface area contributed by atoms with Crippen molar-refractivity contribution in [3.63, 3.8) is 0 Å². The van der Waals surface area contributed by atoms with Gasteiger partial charge in [0, 0.05) is 24.5 Å². The smallest absolute Gasteiger partial charge is 0.287 e. The van der Waals surface area contributed by atoms with Crippen molar-refractivity contribution in [1.82, 2.24) is 15.1 Å². The fraction of sp³-hybridized carbons (Fsp3) is 0.556. The molecule has 0 radical (unpaired) electrons. The van der Waals surface area contributed by atoms with E-state index in [-0.39, 0.29) is 11.9 Å². The molecule has 2 aromatic rings. The van der Waals surface area contributed by atoms with Crippen LogP contribution in [0.3, 0.4) is 0 Å². The summed E-state index contributed by atoms with van der Waals surface area (Å²) in [7, 11) is 0. The molecular formula is C18H23N3O3. The number of hydrogen-bond acceptors (Lipinski definition) is 4. The average molecular weight is 329 g/mol. The first-order valence-electron chi connectivity index (χ1n) is 8.76. The number of nitrogens with one attached hydrogen (secondary N) is 1. The van der Waals surface area contributed by atoms with E-state index in [0.29, 0.717) is 18.1 Å². The van der Waals surface area contributed by atoms with Gasteiger partial charge in [0.15, 0.2) is 5.76 Å². The number of carbonyl (C=O) groups is 1. The van der Waals surface area contributed by atoms with Gasteiger partial charge in [0.05, 0.1) is 18.4 Å². The summed E-state index contributed by atoms with van der Waals surface area (Å²) in [6, 6.07) is 1.67. The van der Waals surface area contributed by atoms with Crippen molar-refractivity contribution in [2.75, 3.05) is 0 Å². The topological polar surface area (TPSA) is 80.3 Å². The Bertz CT molecular complexity index is 707. The molecule has 6 nitrogen and oxygen atoms in total. The monoisotopic (exact) mass is 329 g/mol. The summed E-state index contributed by atoms with van der Waals surface area (Å²) in [5.41, 5.74) is 2.22. The largest absolute Gasteiger partial charge is 0.459 e. The second-order valence-electron chi connectivity index (χ2n) is 6.99. The first-order chi connectivity index (χ1) is 11.7. The summed E-state index contributed by atoms with van der Waals surface area (Å²) in [6.45, 7) is 0.770. The number of aliphatic hydroxyl groups excluding tert-OH is 1. The number of carbonyl (C=O) groups excluding carboxylic acids is 1. The Balaban J connectivity index is 1.40. The Morgan fingerprint density at radius 2 is 2.25 bits per heavy atom. The second kappa shape index (κ2) is 6.43. The Morgan fingerprint density at radius 3 is 3.08 bits per heavy atom. The molecule has 1 fully saturated rings. The lowest BCUT2D eigenvalue weighted by Gasteiger charge is -2.17. The van der Waals surface area contributed by atoms with Crippen LogP contribution in [0.4, 0.5) is 0 Å². The molecule has 24 heavy (non-hydrogen) atoms. The van der Waals surface area contributed by atoms with E-state index in [9.17, 15) is 9.90 Å². The van der Waals surface area contributed by atoms with Crippen LogP contribution in [0.2, 0.25) is 0 Å². The Kier molecular flexibility index (Phi) is 4.14. The molecule has 2 heterocycles. The first kappa shape index (κ1) is 15.4. The minimum Gasteiger partial charge on any atom is -0.459 e.